The van der Waals surface area contributed by atoms with E-state index in [0.29, 0.717) is 25.0 Å². The van der Waals surface area contributed by atoms with Crippen molar-refractivity contribution >= 4 is 45.3 Å². The molecule has 2 aliphatic carbocycles. The first-order chi connectivity index (χ1) is 28.2. The molecule has 5 aliphatic rings. The van der Waals surface area contributed by atoms with Crippen LogP contribution >= 0.6 is 0 Å². The van der Waals surface area contributed by atoms with E-state index in [4.69, 9.17) is 14.5 Å². The number of imidazole rings is 1. The molecule has 0 bridgehead atoms. The lowest BCUT2D eigenvalue weighted by atomic mass is 9.86. The lowest BCUT2D eigenvalue weighted by Gasteiger charge is -2.39. The number of piperidine rings is 2. The Labute approximate surface area is 338 Å². The number of fused-ring (bicyclic) bond motifs is 2. The number of imide groups is 1. The monoisotopic (exact) mass is 786 g/mol. The largest absolute Gasteiger partial charge is 0.488 e. The van der Waals surface area contributed by atoms with Crippen molar-refractivity contribution in [3.8, 4) is 17.1 Å². The predicted octanol–water partition coefficient (Wildman–Crippen LogP) is 5.95. The number of aryl methyl sites for hydroxylation is 1. The molecule has 0 spiro atoms. The number of nitrogens with zero attached hydrogens (tertiary/aromatic N) is 8. The van der Waals surface area contributed by atoms with E-state index in [1.54, 1.807) is 6.33 Å². The standard InChI is InChI=1S/C44H54N10O4/c1-28-47-36-23-30(5-10-38(36)54(28)39-11-12-41(55)48-43(39)56)52-17-13-32(14-18-52)57-31-6-3-29(4-7-31)26-51-19-21-53(22-20-51)40-25-37(45-27-46-40)42-34-24-33(58-44(2)15-16-44)8-9-35(34)49-50-42/h5,8-10,23-25,27,29,31-32,39H,3-4,6-7,11-22,26H2,1-2H3,(H,49,50)(H,48,55,56). The number of hydrogen-bond acceptors (Lipinski definition) is 11. The van der Waals surface area contributed by atoms with Gasteiger partial charge in [-0.15, -0.1) is 0 Å². The van der Waals surface area contributed by atoms with Crippen molar-refractivity contribution < 1.29 is 19.1 Å². The summed E-state index contributed by atoms with van der Waals surface area (Å²) in [6.07, 6.45) is 12.2. The number of carbonyl (C=O) groups excluding carboxylic acids is 2. The van der Waals surface area contributed by atoms with Crippen LogP contribution in [0.3, 0.4) is 0 Å². The molecule has 1 atom stereocenters. The number of aromatic nitrogens is 6. The van der Waals surface area contributed by atoms with Crippen LogP contribution in [0.25, 0.3) is 33.3 Å². The minimum Gasteiger partial charge on any atom is -0.488 e. The highest BCUT2D eigenvalue weighted by molar-refractivity contribution is 6.00. The number of aromatic amines is 1. The molecule has 14 heteroatoms. The number of H-pyrrole nitrogens is 1. The Morgan fingerprint density at radius 2 is 1.64 bits per heavy atom. The van der Waals surface area contributed by atoms with Crippen molar-refractivity contribution in [1.29, 1.82) is 0 Å². The number of carbonyl (C=O) groups is 2. The summed E-state index contributed by atoms with van der Waals surface area (Å²) in [7, 11) is 0. The summed E-state index contributed by atoms with van der Waals surface area (Å²) in [6, 6.07) is 14.2. The molecule has 5 fully saturated rings. The third-order valence-corrected chi connectivity index (χ3v) is 13.3. The molecule has 10 rings (SSSR count). The molecule has 2 saturated carbocycles. The zero-order valence-corrected chi connectivity index (χ0v) is 33.7. The van der Waals surface area contributed by atoms with Crippen LogP contribution in [0, 0.1) is 12.8 Å². The first-order valence-electron chi connectivity index (χ1n) is 21.4. The number of nitrogens with one attached hydrogen (secondary N) is 2. The molecule has 3 aromatic heterocycles. The van der Waals surface area contributed by atoms with E-state index in [0.717, 1.165) is 147 Å². The lowest BCUT2D eigenvalue weighted by molar-refractivity contribution is -0.135. The molecule has 14 nitrogen and oxygen atoms in total. The zero-order valence-electron chi connectivity index (χ0n) is 33.7. The molecule has 3 saturated heterocycles. The molecular formula is C44H54N10O4. The van der Waals surface area contributed by atoms with Gasteiger partial charge in [-0.05, 0) is 114 Å². The number of amides is 2. The van der Waals surface area contributed by atoms with E-state index in [-0.39, 0.29) is 17.4 Å². The number of hydrogen-bond donors (Lipinski definition) is 2. The van der Waals surface area contributed by atoms with E-state index in [1.165, 1.54) is 12.8 Å². The fourth-order valence-corrected chi connectivity index (χ4v) is 9.69. The Morgan fingerprint density at radius 3 is 2.41 bits per heavy atom. The van der Waals surface area contributed by atoms with Gasteiger partial charge in [0.1, 0.15) is 41.1 Å². The van der Waals surface area contributed by atoms with Crippen LogP contribution in [0.4, 0.5) is 11.5 Å². The topological polar surface area (TPSA) is 147 Å². The number of anilines is 2. The summed E-state index contributed by atoms with van der Waals surface area (Å²) in [6.45, 7) is 11.1. The van der Waals surface area contributed by atoms with Crippen LogP contribution in [0.5, 0.6) is 5.75 Å². The molecule has 6 heterocycles. The molecule has 2 aromatic carbocycles. The second-order valence-electron chi connectivity index (χ2n) is 17.5. The summed E-state index contributed by atoms with van der Waals surface area (Å²) in [5.74, 6) is 2.90. The number of benzene rings is 2. The molecule has 58 heavy (non-hydrogen) atoms. The minimum absolute atomic E-state index is 0.0350. The van der Waals surface area contributed by atoms with Gasteiger partial charge in [0.2, 0.25) is 11.8 Å². The second-order valence-corrected chi connectivity index (χ2v) is 17.5. The van der Waals surface area contributed by atoms with Gasteiger partial charge in [-0.1, -0.05) is 0 Å². The van der Waals surface area contributed by atoms with E-state index < -0.39 is 6.04 Å². The Morgan fingerprint density at radius 1 is 0.845 bits per heavy atom. The van der Waals surface area contributed by atoms with E-state index in [1.807, 2.05) is 23.6 Å². The van der Waals surface area contributed by atoms with Crippen molar-refractivity contribution in [2.24, 2.45) is 5.92 Å². The fraction of sp³-hybridized carbons (Fsp3) is 0.545. The van der Waals surface area contributed by atoms with Gasteiger partial charge in [-0.2, -0.15) is 5.10 Å². The Hall–Kier alpha value is -5.08. The van der Waals surface area contributed by atoms with Gasteiger partial charge in [-0.25, -0.2) is 15.0 Å². The third kappa shape index (κ3) is 7.63. The molecule has 304 valence electrons. The number of ether oxygens (including phenoxy) is 2. The average molecular weight is 787 g/mol. The molecule has 5 aromatic rings. The number of rotatable bonds is 10. The second kappa shape index (κ2) is 15.3. The minimum atomic E-state index is -0.403. The Balaban J connectivity index is 0.670. The maximum atomic E-state index is 12.6. The van der Waals surface area contributed by atoms with Gasteiger partial charge in [0, 0.05) is 69.4 Å². The quantitative estimate of drug-likeness (QED) is 0.162. The highest BCUT2D eigenvalue weighted by Gasteiger charge is 2.40. The smallest absolute Gasteiger partial charge is 0.249 e. The van der Waals surface area contributed by atoms with Crippen molar-refractivity contribution in [3.63, 3.8) is 0 Å². The molecule has 0 radical (unpaired) electrons. The van der Waals surface area contributed by atoms with Crippen LogP contribution in [0.2, 0.25) is 0 Å². The summed E-state index contributed by atoms with van der Waals surface area (Å²) in [5, 5.41) is 11.3. The summed E-state index contributed by atoms with van der Waals surface area (Å²) in [5.41, 5.74) is 5.58. The predicted molar refractivity (Wildman–Crippen MR) is 222 cm³/mol. The van der Waals surface area contributed by atoms with Gasteiger partial charge in [0.15, 0.2) is 0 Å². The molecule has 2 N–H and O–H groups in total. The normalized spacial score (nSPS) is 24.4. The van der Waals surface area contributed by atoms with E-state index in [2.05, 4.69) is 77.4 Å². The van der Waals surface area contributed by atoms with Gasteiger partial charge in [0.05, 0.1) is 34.5 Å². The SMILES string of the molecule is Cc1nc2cc(N3CCC(OC4CCC(CN5CCN(c6cc(-c7n[nH]c8ccc(OC9(C)CC9)cc78)ncn6)CC5)CC4)CC3)ccc2n1C1CCC(=O)NC1=O. The summed E-state index contributed by atoms with van der Waals surface area (Å²) in [4.78, 5) is 45.9. The fourth-order valence-electron chi connectivity index (χ4n) is 9.69. The Kier molecular flexibility index (Phi) is 9.79. The third-order valence-electron chi connectivity index (χ3n) is 13.3. The maximum Gasteiger partial charge on any atom is 0.249 e. The lowest BCUT2D eigenvalue weighted by Crippen LogP contribution is -2.48. The zero-order chi connectivity index (χ0) is 39.4. The average Bonchev–Trinajstić information content (AvgIpc) is 3.65. The van der Waals surface area contributed by atoms with Crippen LogP contribution in [0.1, 0.15) is 83.0 Å². The number of piperazine rings is 1. The summed E-state index contributed by atoms with van der Waals surface area (Å²) < 4.78 is 14.9. The van der Waals surface area contributed by atoms with Gasteiger partial charge in [-0.3, -0.25) is 24.9 Å². The van der Waals surface area contributed by atoms with Gasteiger partial charge < -0.3 is 23.8 Å². The molecule has 2 amide bonds. The van der Waals surface area contributed by atoms with Crippen molar-refractivity contribution in [3.05, 3.63) is 54.6 Å². The Bertz CT molecular complexity index is 2310. The van der Waals surface area contributed by atoms with Crippen LogP contribution in [-0.2, 0) is 14.3 Å². The van der Waals surface area contributed by atoms with Gasteiger partial charge >= 0.3 is 0 Å². The molecule has 3 aliphatic heterocycles. The van der Waals surface area contributed by atoms with Crippen LogP contribution < -0.4 is 19.9 Å². The van der Waals surface area contributed by atoms with Crippen LogP contribution in [-0.4, -0.2) is 110 Å². The molecular weight excluding hydrogens is 733 g/mol. The van der Waals surface area contributed by atoms with Crippen LogP contribution in [0.15, 0.2) is 48.8 Å². The van der Waals surface area contributed by atoms with Crippen molar-refractivity contribution in [1.82, 2.24) is 39.9 Å². The molecule has 1 unspecified atom stereocenters. The van der Waals surface area contributed by atoms with E-state index in [9.17, 15) is 9.59 Å². The van der Waals surface area contributed by atoms with Crippen molar-refractivity contribution in [2.75, 3.05) is 55.6 Å². The summed E-state index contributed by atoms with van der Waals surface area (Å²) >= 11 is 0. The highest BCUT2D eigenvalue weighted by atomic mass is 16.5. The van der Waals surface area contributed by atoms with Crippen molar-refractivity contribution in [2.45, 2.75) is 102 Å². The van der Waals surface area contributed by atoms with Gasteiger partial charge in [0.25, 0.3) is 0 Å². The first-order valence-corrected chi connectivity index (χ1v) is 21.4. The van der Waals surface area contributed by atoms with E-state index >= 15 is 0 Å². The maximum absolute atomic E-state index is 12.6. The first kappa shape index (κ1) is 37.2. The highest BCUT2D eigenvalue weighted by Crippen LogP contribution is 2.41.